The second kappa shape index (κ2) is 28.3. The van der Waals surface area contributed by atoms with Gasteiger partial charge in [-0.05, 0) is 127 Å². The highest BCUT2D eigenvalue weighted by Gasteiger charge is 2.40. The van der Waals surface area contributed by atoms with E-state index in [2.05, 4.69) is 15.6 Å². The van der Waals surface area contributed by atoms with Gasteiger partial charge in [0.25, 0.3) is 0 Å². The molecule has 5 aromatic rings. The lowest BCUT2D eigenvalue weighted by Crippen LogP contribution is -2.59. The number of nitrogens with one attached hydrogen (secondary N) is 2. The van der Waals surface area contributed by atoms with Crippen molar-refractivity contribution in [2.24, 2.45) is 13.0 Å². The van der Waals surface area contributed by atoms with Gasteiger partial charge in [-0.2, -0.15) is 0 Å². The first kappa shape index (κ1) is 61.8. The Bertz CT molecular complexity index is 2970. The van der Waals surface area contributed by atoms with E-state index in [-0.39, 0.29) is 69.2 Å². The topological polar surface area (TPSA) is 185 Å². The molecule has 434 valence electrons. The molecule has 1 aliphatic carbocycles. The molecular weight excluding hydrogens is 1070 g/mol. The number of hydrogen-bond acceptors (Lipinski definition) is 11. The SMILES string of the molecule is COC[C@@H]1NC(=O)[C@H](CCC(=O)OC(C)(C)C)N(Cc2ccc(Cl)cc2Oc2ccc(-c3cnc(CN(C)C)n3C)cc2)C(=O)C[C@@H](Cc2ccccc2)C(=O)N(C)[C@H]2CCCC[C@@H]2NC(=O)C[C@H](Cc2ccc(Cl)cc2)N(C)C1=O. The van der Waals surface area contributed by atoms with Gasteiger partial charge in [0.05, 0.1) is 43.5 Å². The fourth-order valence-corrected chi connectivity index (χ4v) is 11.1. The molecule has 2 N–H and O–H groups in total. The molecule has 1 aliphatic heterocycles. The molecule has 0 bridgehead atoms. The second-order valence-electron chi connectivity index (χ2n) is 22.6. The summed E-state index contributed by atoms with van der Waals surface area (Å²) >= 11 is 13.0. The number of fused-ring (bicyclic) bond motifs is 1. The van der Waals surface area contributed by atoms with E-state index in [0.717, 1.165) is 41.1 Å². The lowest BCUT2D eigenvalue weighted by molar-refractivity contribution is -0.156. The molecule has 19 heteroatoms. The van der Waals surface area contributed by atoms with Gasteiger partial charge in [0.15, 0.2) is 0 Å². The summed E-state index contributed by atoms with van der Waals surface area (Å²) < 4.78 is 20.0. The summed E-state index contributed by atoms with van der Waals surface area (Å²) in [5.74, 6) is -2.45. The summed E-state index contributed by atoms with van der Waals surface area (Å²) in [7, 11) is 10.6. The number of esters is 1. The van der Waals surface area contributed by atoms with Gasteiger partial charge in [-0.25, -0.2) is 4.98 Å². The van der Waals surface area contributed by atoms with E-state index in [1.807, 2.05) is 104 Å². The van der Waals surface area contributed by atoms with Crippen LogP contribution in [0.4, 0.5) is 0 Å². The van der Waals surface area contributed by atoms with E-state index in [1.54, 1.807) is 70.1 Å². The van der Waals surface area contributed by atoms with Gasteiger partial charge in [0.2, 0.25) is 29.5 Å². The highest BCUT2D eigenvalue weighted by molar-refractivity contribution is 6.31. The van der Waals surface area contributed by atoms with Crippen molar-refractivity contribution in [1.29, 1.82) is 0 Å². The van der Waals surface area contributed by atoms with E-state index in [0.29, 0.717) is 40.7 Å². The van der Waals surface area contributed by atoms with E-state index in [9.17, 15) is 14.4 Å². The minimum atomic E-state index is -1.44. The van der Waals surface area contributed by atoms with Gasteiger partial charge in [0, 0.05) is 80.8 Å². The number of carbonyl (C=O) groups is 6. The molecule has 7 rings (SSSR count). The number of aromatic nitrogens is 2. The molecule has 2 heterocycles. The Morgan fingerprint density at radius 1 is 0.790 bits per heavy atom. The number of ether oxygens (including phenoxy) is 3. The van der Waals surface area contributed by atoms with Crippen LogP contribution in [0.3, 0.4) is 0 Å². The Labute approximate surface area is 486 Å². The van der Waals surface area contributed by atoms with Crippen molar-refractivity contribution in [1.82, 2.24) is 39.8 Å². The number of halogens is 2. The van der Waals surface area contributed by atoms with E-state index >= 15 is 14.4 Å². The number of amides is 5. The molecule has 1 saturated heterocycles. The summed E-state index contributed by atoms with van der Waals surface area (Å²) in [6.45, 7) is 5.33. The number of rotatable bonds is 16. The van der Waals surface area contributed by atoms with E-state index in [4.69, 9.17) is 37.4 Å². The first-order valence-corrected chi connectivity index (χ1v) is 28.5. The average Bonchev–Trinajstić information content (AvgIpc) is 3.82. The van der Waals surface area contributed by atoms with Gasteiger partial charge in [-0.3, -0.25) is 28.8 Å². The third-order valence-corrected chi connectivity index (χ3v) is 15.5. The van der Waals surface area contributed by atoms with Crippen molar-refractivity contribution in [3.63, 3.8) is 0 Å². The van der Waals surface area contributed by atoms with Crippen LogP contribution in [-0.4, -0.2) is 142 Å². The molecule has 0 radical (unpaired) electrons. The van der Waals surface area contributed by atoms with Gasteiger partial charge in [-0.15, -0.1) is 0 Å². The quantitative estimate of drug-likeness (QED) is 0.0900. The molecule has 1 aromatic heterocycles. The molecule has 6 atom stereocenters. The van der Waals surface area contributed by atoms with Gasteiger partial charge in [0.1, 0.15) is 35.0 Å². The Kier molecular flexibility index (Phi) is 21.6. The fourth-order valence-electron chi connectivity index (χ4n) is 10.8. The first-order chi connectivity index (χ1) is 38.6. The number of benzene rings is 4. The molecular formula is C62H78Cl2N8O9. The molecule has 2 fully saturated rings. The number of nitrogens with zero attached hydrogens (tertiary/aromatic N) is 6. The van der Waals surface area contributed by atoms with Crippen molar-refractivity contribution in [2.45, 2.75) is 134 Å². The summed E-state index contributed by atoms with van der Waals surface area (Å²) in [6, 6.07) is 24.7. The van der Waals surface area contributed by atoms with Crippen molar-refractivity contribution in [2.75, 3.05) is 41.9 Å². The van der Waals surface area contributed by atoms with Crippen LogP contribution in [0, 0.1) is 5.92 Å². The summed E-state index contributed by atoms with van der Waals surface area (Å²) in [6.07, 6.45) is 4.10. The van der Waals surface area contributed by atoms with Crippen LogP contribution in [0.25, 0.3) is 11.3 Å². The highest BCUT2D eigenvalue weighted by atomic mass is 35.5. The summed E-state index contributed by atoms with van der Waals surface area (Å²) in [5, 5.41) is 7.02. The van der Waals surface area contributed by atoms with Crippen molar-refractivity contribution < 1.29 is 43.0 Å². The van der Waals surface area contributed by atoms with Crippen LogP contribution in [0.5, 0.6) is 11.5 Å². The first-order valence-electron chi connectivity index (χ1n) is 27.7. The molecule has 2 aliphatic rings. The van der Waals surface area contributed by atoms with Crippen LogP contribution in [0.2, 0.25) is 10.0 Å². The monoisotopic (exact) mass is 1150 g/mol. The number of likely N-dealkylation sites (N-methyl/N-ethyl adjacent to an activating group) is 2. The minimum Gasteiger partial charge on any atom is -0.460 e. The summed E-state index contributed by atoms with van der Waals surface area (Å²) in [4.78, 5) is 101. The number of carbonyl (C=O) groups excluding carboxylic acids is 6. The number of hydrogen-bond donors (Lipinski definition) is 2. The zero-order chi connectivity index (χ0) is 58.5. The predicted octanol–water partition coefficient (Wildman–Crippen LogP) is 8.81. The third kappa shape index (κ3) is 17.1. The third-order valence-electron chi connectivity index (χ3n) is 15.0. The largest absolute Gasteiger partial charge is 0.460 e. The fraction of sp³-hybridized carbons (Fsp3) is 0.468. The van der Waals surface area contributed by atoms with Crippen LogP contribution in [-0.2, 0) is 71.2 Å². The van der Waals surface area contributed by atoms with E-state index in [1.165, 1.54) is 16.9 Å². The molecule has 0 spiro atoms. The number of imidazole rings is 1. The van der Waals surface area contributed by atoms with Crippen LogP contribution in [0.15, 0.2) is 103 Å². The molecule has 5 amide bonds. The smallest absolute Gasteiger partial charge is 0.306 e. The number of methoxy groups -OCH3 is 1. The Hall–Kier alpha value is -6.79. The lowest BCUT2D eigenvalue weighted by atomic mass is 9.87. The molecule has 4 aromatic carbocycles. The normalized spacial score (nSPS) is 21.0. The van der Waals surface area contributed by atoms with E-state index < -0.39 is 65.4 Å². The zero-order valence-corrected chi connectivity index (χ0v) is 49.6. The molecule has 81 heavy (non-hydrogen) atoms. The molecule has 17 nitrogen and oxygen atoms in total. The van der Waals surface area contributed by atoms with Crippen LogP contribution < -0.4 is 15.4 Å². The van der Waals surface area contributed by atoms with Gasteiger partial charge < -0.3 is 49.0 Å². The Balaban J connectivity index is 1.34. The molecule has 1 saturated carbocycles. The van der Waals surface area contributed by atoms with Gasteiger partial charge >= 0.3 is 5.97 Å². The Morgan fingerprint density at radius 3 is 2.15 bits per heavy atom. The lowest BCUT2D eigenvalue weighted by Gasteiger charge is -2.40. The van der Waals surface area contributed by atoms with Gasteiger partial charge in [-0.1, -0.05) is 84.6 Å². The van der Waals surface area contributed by atoms with Crippen molar-refractivity contribution in [3.8, 4) is 22.8 Å². The van der Waals surface area contributed by atoms with Crippen molar-refractivity contribution in [3.05, 3.63) is 136 Å². The Morgan fingerprint density at radius 2 is 1.47 bits per heavy atom. The van der Waals surface area contributed by atoms with Crippen molar-refractivity contribution >= 4 is 58.7 Å². The van der Waals surface area contributed by atoms with Crippen LogP contribution >= 0.6 is 23.2 Å². The maximum Gasteiger partial charge on any atom is 0.306 e. The van der Waals surface area contributed by atoms with Crippen LogP contribution in [0.1, 0.15) is 94.7 Å². The summed E-state index contributed by atoms with van der Waals surface area (Å²) in [5.41, 5.74) is 3.02. The predicted molar refractivity (Wildman–Crippen MR) is 312 cm³/mol. The maximum atomic E-state index is 15.8. The zero-order valence-electron chi connectivity index (χ0n) is 48.1. The minimum absolute atomic E-state index is 0.102. The molecule has 0 unspecified atom stereocenters. The maximum absolute atomic E-state index is 15.8. The average molecular weight is 1150 g/mol. The standard InChI is InChI=1S/C62H78Cl2N8O9/c1-62(2,3)81-58(75)30-29-52-59(76)67-50(39-79-9)61(78)69(6)47(32-41-19-24-45(63)25-20-41)35-56(73)66-49-17-13-14-18-51(49)71(8)60(77)44(31-40-15-11-10-12-16-40)33-57(74)72(52)37-43-21-26-46(64)34-54(43)80-48-27-22-42(23-28-48)53-36-65-55(70(53)7)38-68(4)5/h10-12,15-16,19-28,34,36,44,47,49-52H,13-14,17-18,29-33,35,37-39H2,1-9H3,(H,66,73)(H,67,76)/t44-,47+,49+,50+,51+,52+/m1/s1. The second-order valence-corrected chi connectivity index (χ2v) is 23.5. The highest BCUT2D eigenvalue weighted by Crippen LogP contribution is 2.34.